The van der Waals surface area contributed by atoms with Gasteiger partial charge in [-0.25, -0.2) is 16.8 Å². The van der Waals surface area contributed by atoms with Crippen LogP contribution < -0.4 is 0 Å². The molecule has 0 radical (unpaired) electrons. The lowest BCUT2D eigenvalue weighted by molar-refractivity contribution is -0.929. The lowest BCUT2D eigenvalue weighted by Gasteiger charge is -2.39. The highest BCUT2D eigenvalue weighted by Crippen LogP contribution is 2.47. The van der Waals surface area contributed by atoms with E-state index in [1.807, 2.05) is 0 Å². The zero-order valence-electron chi connectivity index (χ0n) is 27.3. The summed E-state index contributed by atoms with van der Waals surface area (Å²) >= 11 is 0. The molecule has 0 fully saturated rings. The molecule has 0 aliphatic carbocycles. The first-order chi connectivity index (χ1) is 20.9. The molecule has 0 aromatic rings. The van der Waals surface area contributed by atoms with Crippen molar-refractivity contribution < 1.29 is 65.2 Å². The third-order valence-electron chi connectivity index (χ3n) is 7.45. The first-order valence-electron chi connectivity index (χ1n) is 15.9. The van der Waals surface area contributed by atoms with Crippen LogP contribution >= 0.6 is 0 Å². The van der Waals surface area contributed by atoms with Crippen LogP contribution in [0.25, 0.3) is 4.13 Å². The van der Waals surface area contributed by atoms with Crippen LogP contribution in [0.1, 0.15) is 130 Å². The van der Waals surface area contributed by atoms with E-state index in [0.29, 0.717) is 4.13 Å². The van der Waals surface area contributed by atoms with E-state index in [0.717, 1.165) is 0 Å². The standard InChI is InChI=1S/C24H52N.C4F10NO4S2/c1-5-9-13-17-21-25(22-18-14-10-6-2,23-19-15-11-7-3)24-20-16-12-8-4;5-1(6,7)3(11,12)20(16,17)15-21(18,19)4(13,14)2(8,9)10/h5-24H2,1-4H3;/q+1;-1. The van der Waals surface area contributed by atoms with E-state index in [4.69, 9.17) is 0 Å². The monoisotopic (exact) mass is 734 g/mol. The van der Waals surface area contributed by atoms with Gasteiger partial charge in [0.1, 0.15) is 0 Å². The number of nitrogens with zero attached hydrogens (tertiary/aromatic N) is 2. The molecule has 0 aliphatic rings. The Morgan fingerprint density at radius 3 is 0.804 bits per heavy atom. The molecule has 0 amide bonds. The number of sulfonamides is 2. The minimum atomic E-state index is -7.62. The number of unbranched alkanes of at least 4 members (excludes halogenated alkanes) is 12. The fourth-order valence-electron chi connectivity index (χ4n) is 4.68. The normalized spacial score (nSPS) is 13.9. The third kappa shape index (κ3) is 16.0. The van der Waals surface area contributed by atoms with Crippen LogP contribution in [0, 0.1) is 0 Å². The molecule has 0 N–H and O–H groups in total. The van der Waals surface area contributed by atoms with Crippen LogP contribution in [0.4, 0.5) is 43.9 Å². The van der Waals surface area contributed by atoms with E-state index in [2.05, 4.69) is 27.7 Å². The summed E-state index contributed by atoms with van der Waals surface area (Å²) in [5.74, 6) is 0. The zero-order chi connectivity index (χ0) is 36.3. The Labute approximate surface area is 268 Å². The van der Waals surface area contributed by atoms with E-state index < -0.39 is 42.9 Å². The van der Waals surface area contributed by atoms with E-state index in [-0.39, 0.29) is 0 Å². The summed E-state index contributed by atoms with van der Waals surface area (Å²) in [5, 5.41) is -14.0. The summed E-state index contributed by atoms with van der Waals surface area (Å²) in [6, 6.07) is 0. The van der Waals surface area contributed by atoms with Gasteiger partial charge in [0.25, 0.3) is 0 Å². The van der Waals surface area contributed by atoms with E-state index in [1.54, 1.807) is 0 Å². The molecule has 0 saturated carbocycles. The van der Waals surface area contributed by atoms with Gasteiger partial charge in [-0.1, -0.05) is 79.1 Å². The molecule has 0 rings (SSSR count). The summed E-state index contributed by atoms with van der Waals surface area (Å²) in [6.45, 7) is 15.2. The molecule has 18 heteroatoms. The third-order valence-corrected chi connectivity index (χ3v) is 10.8. The SMILES string of the molecule is CCCCCC[N+](CCCCCC)(CCCCCC)CCCCCC.O=S(=O)([N-]S(=O)(=O)C(F)(F)C(F)(F)F)C(F)(F)C(F)(F)F. The molecule has 0 unspecified atom stereocenters. The van der Waals surface area contributed by atoms with Crippen LogP contribution in [-0.4, -0.2) is 70.4 Å². The Hall–Kier alpha value is -0.880. The topological polar surface area (TPSA) is 82.4 Å². The largest absolute Gasteiger partial charge is 0.467 e. The van der Waals surface area contributed by atoms with Crippen LogP contribution in [0.2, 0.25) is 0 Å². The Bertz CT molecular complexity index is 913. The minimum absolute atomic E-state index is 0.422. The summed E-state index contributed by atoms with van der Waals surface area (Å²) < 4.78 is 163. The Morgan fingerprint density at radius 1 is 0.413 bits per heavy atom. The fourth-order valence-corrected chi connectivity index (χ4v) is 7.05. The van der Waals surface area contributed by atoms with Crippen molar-refractivity contribution in [3.05, 3.63) is 4.13 Å². The lowest BCUT2D eigenvalue weighted by atomic mass is 10.1. The first-order valence-corrected chi connectivity index (χ1v) is 18.8. The van der Waals surface area contributed by atoms with Gasteiger partial charge in [0, 0.05) is 0 Å². The van der Waals surface area contributed by atoms with Gasteiger partial charge in [0.2, 0.25) is 0 Å². The number of hydrogen-bond donors (Lipinski definition) is 0. The molecular formula is C28H52F10N2O4S2. The maximum atomic E-state index is 12.3. The van der Waals surface area contributed by atoms with Gasteiger partial charge in [-0.05, 0) is 51.4 Å². The van der Waals surface area contributed by atoms with E-state index >= 15 is 0 Å². The molecule has 280 valence electrons. The lowest BCUT2D eigenvalue weighted by Crippen LogP contribution is -2.50. The molecular weight excluding hydrogens is 682 g/mol. The Kier molecular flexibility index (Phi) is 21.8. The second-order valence-electron chi connectivity index (χ2n) is 11.5. The molecule has 0 aliphatic heterocycles. The molecule has 46 heavy (non-hydrogen) atoms. The van der Waals surface area contributed by atoms with Crippen molar-refractivity contribution in [3.63, 3.8) is 0 Å². The quantitative estimate of drug-likeness (QED) is 0.0562. The highest BCUT2D eigenvalue weighted by atomic mass is 32.3. The van der Waals surface area contributed by atoms with Gasteiger partial charge in [-0.2, -0.15) is 43.9 Å². The summed E-state index contributed by atoms with van der Waals surface area (Å²) in [5.41, 5.74) is 0. The molecule has 0 saturated heterocycles. The van der Waals surface area contributed by atoms with Gasteiger partial charge in [0.05, 0.1) is 26.2 Å². The molecule has 0 spiro atoms. The number of quaternary nitrogens is 1. The first kappa shape index (κ1) is 47.2. The van der Waals surface area contributed by atoms with Crippen LogP contribution in [0.3, 0.4) is 0 Å². The molecule has 0 bridgehead atoms. The molecule has 0 aromatic heterocycles. The Balaban J connectivity index is 0. The number of hydrogen-bond acceptors (Lipinski definition) is 4. The van der Waals surface area contributed by atoms with Gasteiger partial charge in [0.15, 0.2) is 20.0 Å². The Morgan fingerprint density at radius 2 is 0.630 bits per heavy atom. The average Bonchev–Trinajstić information content (AvgIpc) is 2.92. The maximum absolute atomic E-state index is 12.3. The molecule has 0 heterocycles. The number of halogens is 10. The van der Waals surface area contributed by atoms with Crippen molar-refractivity contribution in [2.75, 3.05) is 26.2 Å². The predicted molar refractivity (Wildman–Crippen MR) is 159 cm³/mol. The molecule has 6 nitrogen and oxygen atoms in total. The van der Waals surface area contributed by atoms with E-state index in [9.17, 15) is 60.7 Å². The number of alkyl halides is 10. The van der Waals surface area contributed by atoms with E-state index in [1.165, 1.54) is 133 Å². The van der Waals surface area contributed by atoms with Gasteiger partial charge in [-0.3, -0.25) is 0 Å². The van der Waals surface area contributed by atoms with Crippen molar-refractivity contribution in [2.24, 2.45) is 0 Å². The fraction of sp³-hybridized carbons (Fsp3) is 1.00. The van der Waals surface area contributed by atoms with Gasteiger partial charge in [-0.15, -0.1) is 0 Å². The van der Waals surface area contributed by atoms with Gasteiger partial charge >= 0.3 is 22.9 Å². The maximum Gasteiger partial charge on any atom is 0.467 e. The van der Waals surface area contributed by atoms with Gasteiger partial charge < -0.3 is 8.61 Å². The van der Waals surface area contributed by atoms with Crippen LogP contribution in [0.5, 0.6) is 0 Å². The predicted octanol–water partition coefficient (Wildman–Crippen LogP) is 10.5. The molecule has 0 atom stereocenters. The van der Waals surface area contributed by atoms with Crippen molar-refractivity contribution in [1.82, 2.24) is 0 Å². The van der Waals surface area contributed by atoms with Crippen molar-refractivity contribution in [2.45, 2.75) is 153 Å². The number of rotatable bonds is 24. The average molecular weight is 735 g/mol. The van der Waals surface area contributed by atoms with Crippen molar-refractivity contribution in [1.29, 1.82) is 0 Å². The molecule has 0 aromatic carbocycles. The second-order valence-corrected chi connectivity index (χ2v) is 15.1. The highest BCUT2D eigenvalue weighted by molar-refractivity contribution is 8.13. The summed E-state index contributed by atoms with van der Waals surface area (Å²) in [7, 11) is -15.2. The summed E-state index contributed by atoms with van der Waals surface area (Å²) in [6.07, 6.45) is 8.84. The second kappa shape index (κ2) is 21.3. The van der Waals surface area contributed by atoms with Crippen LogP contribution in [0.15, 0.2) is 0 Å². The smallest absolute Gasteiger partial charge is 0.425 e. The highest BCUT2D eigenvalue weighted by Gasteiger charge is 2.68. The minimum Gasteiger partial charge on any atom is -0.425 e. The van der Waals surface area contributed by atoms with Crippen molar-refractivity contribution >= 4 is 20.0 Å². The van der Waals surface area contributed by atoms with Crippen LogP contribution in [-0.2, 0) is 20.0 Å². The zero-order valence-corrected chi connectivity index (χ0v) is 28.9. The van der Waals surface area contributed by atoms with Crippen molar-refractivity contribution in [3.8, 4) is 0 Å². The summed E-state index contributed by atoms with van der Waals surface area (Å²) in [4.78, 5) is 0.